The highest BCUT2D eigenvalue weighted by atomic mass is 35.5. The summed E-state index contributed by atoms with van der Waals surface area (Å²) in [6, 6.07) is 17.9. The van der Waals surface area contributed by atoms with Crippen molar-refractivity contribution >= 4 is 44.7 Å². The second kappa shape index (κ2) is 9.81. The molecule has 4 rings (SSSR count). The molecular formula is C24H14ClF3N2O4S2. The molecule has 0 amide bonds. The Morgan fingerprint density at radius 3 is 2.36 bits per heavy atom. The minimum atomic E-state index is -4.73. The van der Waals surface area contributed by atoms with E-state index in [1.165, 1.54) is 11.3 Å². The molecule has 0 saturated heterocycles. The lowest BCUT2D eigenvalue weighted by Gasteiger charge is -2.24. The molecule has 6 nitrogen and oxygen atoms in total. The second-order valence-electron chi connectivity index (χ2n) is 7.37. The van der Waals surface area contributed by atoms with Gasteiger partial charge in [-0.15, -0.1) is 11.3 Å². The van der Waals surface area contributed by atoms with Gasteiger partial charge in [0.1, 0.15) is 0 Å². The van der Waals surface area contributed by atoms with Crippen LogP contribution in [0.25, 0.3) is 10.4 Å². The fourth-order valence-electron chi connectivity index (χ4n) is 3.18. The third-order valence-corrected chi connectivity index (χ3v) is 7.92. The van der Waals surface area contributed by atoms with Crippen LogP contribution in [0.15, 0.2) is 71.1 Å². The van der Waals surface area contributed by atoms with Crippen LogP contribution in [0.1, 0.15) is 21.5 Å². The Hall–Kier alpha value is -3.59. The van der Waals surface area contributed by atoms with Crippen LogP contribution < -0.4 is 4.31 Å². The van der Waals surface area contributed by atoms with E-state index in [1.54, 1.807) is 12.1 Å². The topological polar surface area (TPSA) is 87.6 Å². The van der Waals surface area contributed by atoms with Gasteiger partial charge in [0.15, 0.2) is 5.82 Å². The lowest BCUT2D eigenvalue weighted by Crippen LogP contribution is -2.31. The van der Waals surface area contributed by atoms with Crippen molar-refractivity contribution in [2.45, 2.75) is 17.6 Å². The number of thiophene rings is 1. The number of carbonyl (C=O) groups is 1. The van der Waals surface area contributed by atoms with Gasteiger partial charge < -0.3 is 5.11 Å². The lowest BCUT2D eigenvalue weighted by atomic mass is 10.2. The number of aromatic nitrogens is 1. The van der Waals surface area contributed by atoms with Crippen molar-refractivity contribution in [2.75, 3.05) is 4.31 Å². The summed E-state index contributed by atoms with van der Waals surface area (Å²) < 4.78 is 67.2. The number of pyridine rings is 1. The van der Waals surface area contributed by atoms with Gasteiger partial charge in [-0.3, -0.25) is 0 Å². The van der Waals surface area contributed by atoms with Gasteiger partial charge >= 0.3 is 12.1 Å². The largest absolute Gasteiger partial charge is 0.478 e. The van der Waals surface area contributed by atoms with Gasteiger partial charge in [-0.2, -0.15) is 13.2 Å². The number of carboxylic acid groups (broad SMARTS) is 1. The standard InChI is InChI=1S/C24H14ClF3N2O4S2/c25-20-12-18(24(26,27)28)13-29-22(20)30(36(33,34)19-9-7-17(8-10-19)23(31)32)14-15-3-5-16(6-4-15)21-2-1-11-35-21/h1-3,5,7-13H,14H2,(H,31,32). The number of nitrogens with zero attached hydrogens (tertiary/aromatic N) is 2. The first-order valence-corrected chi connectivity index (χ1v) is 12.7. The maximum atomic E-state index is 13.5. The molecule has 2 aromatic carbocycles. The van der Waals surface area contributed by atoms with Gasteiger partial charge in [0.25, 0.3) is 10.0 Å². The zero-order valence-electron chi connectivity index (χ0n) is 18.0. The van der Waals surface area contributed by atoms with Gasteiger partial charge in [-0.25, -0.2) is 22.5 Å². The number of carboxylic acids is 1. The maximum Gasteiger partial charge on any atom is 0.417 e. The molecule has 0 radical (unpaired) electrons. The van der Waals surface area contributed by atoms with Gasteiger partial charge in [0.05, 0.1) is 27.6 Å². The summed E-state index contributed by atoms with van der Waals surface area (Å²) in [5.74, 6) is -1.68. The van der Waals surface area contributed by atoms with Crippen molar-refractivity contribution in [1.29, 1.82) is 0 Å². The minimum Gasteiger partial charge on any atom is -0.478 e. The molecule has 2 aromatic heterocycles. The van der Waals surface area contributed by atoms with Gasteiger partial charge in [0, 0.05) is 22.2 Å². The van der Waals surface area contributed by atoms with Crippen molar-refractivity contribution in [3.05, 3.63) is 100 Å². The number of anilines is 1. The average molecular weight is 551 g/mol. The molecule has 0 unspecified atom stereocenters. The zero-order chi connectivity index (χ0) is 26.1. The van der Waals surface area contributed by atoms with E-state index in [9.17, 15) is 26.4 Å². The Bertz CT molecular complexity index is 1490. The average Bonchev–Trinajstić information content (AvgIpc) is 3.37. The molecule has 0 aliphatic heterocycles. The lowest BCUT2D eigenvalue weighted by molar-refractivity contribution is -0.137. The number of hydrogen-bond acceptors (Lipinski definition) is 5. The first-order chi connectivity index (χ1) is 17.0. The third-order valence-electron chi connectivity index (χ3n) is 4.98. The van der Waals surface area contributed by atoms with E-state index in [2.05, 4.69) is 17.1 Å². The minimum absolute atomic E-state index is 0.140. The first-order valence-electron chi connectivity index (χ1n) is 10.0. The number of benzene rings is 1. The molecular weight excluding hydrogens is 537 g/mol. The van der Waals surface area contributed by atoms with Crippen LogP contribution in [-0.4, -0.2) is 24.5 Å². The highest BCUT2D eigenvalue weighted by molar-refractivity contribution is 7.92. The summed E-state index contributed by atoms with van der Waals surface area (Å²) >= 11 is 7.57. The first kappa shape index (κ1) is 25.5. The summed E-state index contributed by atoms with van der Waals surface area (Å²) in [6.45, 7) is -0.373. The van der Waals surface area contributed by atoms with Crippen LogP contribution >= 0.6 is 22.9 Å². The molecule has 0 bridgehead atoms. The predicted octanol–water partition coefficient (Wildman–Crippen LogP) is 6.18. The highest BCUT2D eigenvalue weighted by Crippen LogP contribution is 2.36. The highest BCUT2D eigenvalue weighted by Gasteiger charge is 2.34. The fourth-order valence-corrected chi connectivity index (χ4v) is 5.62. The Morgan fingerprint density at radius 2 is 1.83 bits per heavy atom. The SMILES string of the molecule is O=C(O)c1ccc(S(=O)(=O)N(Cc2c#cc(-c3cccs3)cc2)c2ncc(C(F)(F)F)cc2Cl)cc1. The van der Waals surface area contributed by atoms with E-state index < -0.39 is 38.6 Å². The summed E-state index contributed by atoms with van der Waals surface area (Å²) in [5, 5.41) is 10.4. The summed E-state index contributed by atoms with van der Waals surface area (Å²) in [7, 11) is -4.44. The van der Waals surface area contributed by atoms with E-state index in [1.807, 2.05) is 17.5 Å². The molecule has 0 atom stereocenters. The van der Waals surface area contributed by atoms with Gasteiger partial charge in [0.2, 0.25) is 0 Å². The van der Waals surface area contributed by atoms with Crippen LogP contribution in [0.5, 0.6) is 0 Å². The van der Waals surface area contributed by atoms with Crippen molar-refractivity contribution in [2.24, 2.45) is 0 Å². The molecule has 1 N–H and O–H groups in total. The summed E-state index contributed by atoms with van der Waals surface area (Å²) in [5.41, 5.74) is -0.199. The van der Waals surface area contributed by atoms with E-state index in [4.69, 9.17) is 16.7 Å². The van der Waals surface area contributed by atoms with Crippen LogP contribution in [0, 0.1) is 12.1 Å². The normalized spacial score (nSPS) is 11.7. The fraction of sp³-hybridized carbons (Fsp3) is 0.0833. The molecule has 184 valence electrons. The van der Waals surface area contributed by atoms with Gasteiger partial charge in [-0.05, 0) is 53.9 Å². The number of rotatable bonds is 7. The van der Waals surface area contributed by atoms with Crippen LogP contribution in [-0.2, 0) is 22.7 Å². The monoisotopic (exact) mass is 550 g/mol. The van der Waals surface area contributed by atoms with Crippen LogP contribution in [0.4, 0.5) is 19.0 Å². The van der Waals surface area contributed by atoms with E-state index in [0.717, 1.165) is 39.0 Å². The van der Waals surface area contributed by atoms with Crippen LogP contribution in [0.2, 0.25) is 5.02 Å². The summed E-state index contributed by atoms with van der Waals surface area (Å²) in [4.78, 5) is 15.5. The van der Waals surface area contributed by atoms with E-state index in [0.29, 0.717) is 17.8 Å². The van der Waals surface area contributed by atoms with Crippen LogP contribution in [0.3, 0.4) is 0 Å². The Balaban J connectivity index is 1.76. The predicted molar refractivity (Wildman–Crippen MR) is 128 cm³/mol. The Kier molecular flexibility index (Phi) is 6.95. The van der Waals surface area contributed by atoms with E-state index in [-0.39, 0.29) is 17.0 Å². The summed E-state index contributed by atoms with van der Waals surface area (Å²) in [6.07, 6.45) is -4.24. The molecule has 0 aliphatic carbocycles. The number of sulfonamides is 1. The van der Waals surface area contributed by atoms with Crippen molar-refractivity contribution in [3.8, 4) is 10.4 Å². The molecule has 0 aliphatic rings. The molecule has 2 heterocycles. The maximum absolute atomic E-state index is 13.5. The third kappa shape index (κ3) is 5.31. The van der Waals surface area contributed by atoms with E-state index >= 15 is 0 Å². The Morgan fingerprint density at radius 1 is 1.11 bits per heavy atom. The van der Waals surface area contributed by atoms with Gasteiger partial charge in [-0.1, -0.05) is 29.8 Å². The number of halogens is 4. The molecule has 12 heteroatoms. The molecule has 36 heavy (non-hydrogen) atoms. The molecule has 0 fully saturated rings. The second-order valence-corrected chi connectivity index (χ2v) is 10.6. The quantitative estimate of drug-likeness (QED) is 0.297. The smallest absolute Gasteiger partial charge is 0.417 e. The molecule has 0 saturated carbocycles. The van der Waals surface area contributed by atoms with Crippen molar-refractivity contribution in [1.82, 2.24) is 4.98 Å². The molecule has 0 spiro atoms. The van der Waals surface area contributed by atoms with Crippen molar-refractivity contribution in [3.63, 3.8) is 0 Å². The number of alkyl halides is 3. The number of aromatic carboxylic acids is 1. The molecule has 4 aromatic rings. The number of hydrogen-bond donors (Lipinski definition) is 1. The Labute approximate surface area is 213 Å². The van der Waals surface area contributed by atoms with Crippen molar-refractivity contribution < 1.29 is 31.5 Å². The zero-order valence-corrected chi connectivity index (χ0v) is 20.3.